The molecule has 0 aromatic rings. The molecule has 0 atom stereocenters. The fourth-order valence-electron chi connectivity index (χ4n) is 1.90. The van der Waals surface area contributed by atoms with E-state index < -0.39 is 0 Å². The van der Waals surface area contributed by atoms with Gasteiger partial charge in [-0.2, -0.15) is 0 Å². The highest BCUT2D eigenvalue weighted by Crippen LogP contribution is 2.33. The van der Waals surface area contributed by atoms with E-state index in [-0.39, 0.29) is 6.61 Å². The van der Waals surface area contributed by atoms with Crippen molar-refractivity contribution in [1.82, 2.24) is 4.90 Å². The van der Waals surface area contributed by atoms with E-state index in [9.17, 15) is 5.11 Å². The van der Waals surface area contributed by atoms with Crippen LogP contribution in [0.2, 0.25) is 0 Å². The Morgan fingerprint density at radius 1 is 1.44 bits per heavy atom. The number of aliphatic hydroxyl groups is 1. The molecule has 0 fully saturated rings. The van der Waals surface area contributed by atoms with Gasteiger partial charge in [0.1, 0.15) is 0 Å². The second-order valence-electron chi connectivity index (χ2n) is 3.92. The van der Waals surface area contributed by atoms with Crippen LogP contribution in [0.1, 0.15) is 6.92 Å². The molecule has 2 heterocycles. The van der Waals surface area contributed by atoms with Gasteiger partial charge in [0, 0.05) is 23.0 Å². The van der Waals surface area contributed by atoms with Crippen LogP contribution in [-0.4, -0.2) is 16.6 Å². The van der Waals surface area contributed by atoms with Gasteiger partial charge in [0.2, 0.25) is 0 Å². The van der Waals surface area contributed by atoms with Gasteiger partial charge in [-0.3, -0.25) is 0 Å². The standard InChI is InChI=1S/C14H15NO/c1-10(2)13-8-12(9-16)14-6-4-5-7-15(14)11(13)3/h4-8,16H,1,3,9H2,2H3. The number of fused-ring (bicyclic) bond motifs is 1. The van der Waals surface area contributed by atoms with E-state index in [0.717, 1.165) is 28.1 Å². The molecule has 0 aliphatic carbocycles. The SMILES string of the molecule is C=C(C)C1=CC(CO)=C2C=CC=CN2C1=C. The van der Waals surface area contributed by atoms with E-state index in [0.29, 0.717) is 0 Å². The van der Waals surface area contributed by atoms with Crippen LogP contribution in [-0.2, 0) is 0 Å². The first-order valence-electron chi connectivity index (χ1n) is 5.20. The molecule has 2 rings (SSSR count). The summed E-state index contributed by atoms with van der Waals surface area (Å²) in [6.45, 7) is 9.97. The van der Waals surface area contributed by atoms with E-state index in [4.69, 9.17) is 0 Å². The Kier molecular flexibility index (Phi) is 2.67. The minimum Gasteiger partial charge on any atom is -0.392 e. The van der Waals surface area contributed by atoms with E-state index in [1.54, 1.807) is 0 Å². The molecule has 2 aliphatic rings. The van der Waals surface area contributed by atoms with Gasteiger partial charge in [0.15, 0.2) is 0 Å². The van der Waals surface area contributed by atoms with E-state index in [1.165, 1.54) is 0 Å². The second-order valence-corrected chi connectivity index (χ2v) is 3.92. The molecule has 2 aliphatic heterocycles. The van der Waals surface area contributed by atoms with Gasteiger partial charge in [-0.15, -0.1) is 0 Å². The van der Waals surface area contributed by atoms with Gasteiger partial charge in [0.05, 0.1) is 12.3 Å². The Morgan fingerprint density at radius 2 is 2.19 bits per heavy atom. The summed E-state index contributed by atoms with van der Waals surface area (Å²) >= 11 is 0. The summed E-state index contributed by atoms with van der Waals surface area (Å²) in [5, 5.41) is 9.37. The van der Waals surface area contributed by atoms with Crippen LogP contribution in [0.5, 0.6) is 0 Å². The number of hydrogen-bond donors (Lipinski definition) is 1. The molecule has 0 amide bonds. The maximum Gasteiger partial charge on any atom is 0.0702 e. The maximum atomic E-state index is 9.37. The summed E-state index contributed by atoms with van der Waals surface area (Å²) in [5.41, 5.74) is 4.73. The first-order chi connectivity index (χ1) is 7.65. The molecular weight excluding hydrogens is 198 g/mol. The summed E-state index contributed by atoms with van der Waals surface area (Å²) < 4.78 is 0. The van der Waals surface area contributed by atoms with Gasteiger partial charge in [-0.25, -0.2) is 0 Å². The number of nitrogens with zero attached hydrogens (tertiary/aromatic N) is 1. The third-order valence-electron chi connectivity index (χ3n) is 2.74. The highest BCUT2D eigenvalue weighted by Gasteiger charge is 2.22. The number of hydrogen-bond acceptors (Lipinski definition) is 2. The minimum absolute atomic E-state index is 0.0219. The summed E-state index contributed by atoms with van der Waals surface area (Å²) in [6, 6.07) is 0. The lowest BCUT2D eigenvalue weighted by atomic mass is 9.95. The number of rotatable bonds is 2. The average Bonchev–Trinajstić information content (AvgIpc) is 2.29. The summed E-state index contributed by atoms with van der Waals surface area (Å²) in [4.78, 5) is 1.98. The molecule has 0 aromatic heterocycles. The monoisotopic (exact) mass is 213 g/mol. The zero-order valence-corrected chi connectivity index (χ0v) is 9.40. The van der Waals surface area contributed by atoms with Crippen molar-refractivity contribution in [3.8, 4) is 0 Å². The van der Waals surface area contributed by atoms with Crippen molar-refractivity contribution in [2.75, 3.05) is 6.61 Å². The van der Waals surface area contributed by atoms with Crippen LogP contribution in [0.25, 0.3) is 0 Å². The zero-order valence-electron chi connectivity index (χ0n) is 9.40. The molecule has 0 aromatic carbocycles. The molecule has 0 unspecified atom stereocenters. The first kappa shape index (κ1) is 10.7. The predicted octanol–water partition coefficient (Wildman–Crippen LogP) is 2.65. The molecule has 2 nitrogen and oxygen atoms in total. The fraction of sp³-hybridized carbons (Fsp3) is 0.143. The smallest absolute Gasteiger partial charge is 0.0702 e. The van der Waals surface area contributed by atoms with Crippen LogP contribution >= 0.6 is 0 Å². The predicted molar refractivity (Wildman–Crippen MR) is 66.3 cm³/mol. The third-order valence-corrected chi connectivity index (χ3v) is 2.74. The van der Waals surface area contributed by atoms with Crippen LogP contribution < -0.4 is 0 Å². The van der Waals surface area contributed by atoms with Crippen LogP contribution in [0, 0.1) is 0 Å². The number of allylic oxidation sites excluding steroid dienone is 4. The van der Waals surface area contributed by atoms with Crippen LogP contribution in [0.4, 0.5) is 0 Å². The highest BCUT2D eigenvalue weighted by atomic mass is 16.3. The lowest BCUT2D eigenvalue weighted by Gasteiger charge is -2.32. The van der Waals surface area contributed by atoms with Crippen LogP contribution in [0.15, 0.2) is 71.8 Å². The molecule has 0 saturated carbocycles. The molecule has 1 N–H and O–H groups in total. The lowest BCUT2D eigenvalue weighted by molar-refractivity contribution is 0.330. The van der Waals surface area contributed by atoms with Gasteiger partial charge >= 0.3 is 0 Å². The fourth-order valence-corrected chi connectivity index (χ4v) is 1.90. The summed E-state index contributed by atoms with van der Waals surface area (Å²) in [7, 11) is 0. The van der Waals surface area contributed by atoms with Gasteiger partial charge in [0.25, 0.3) is 0 Å². The summed E-state index contributed by atoms with van der Waals surface area (Å²) in [5.74, 6) is 0. The van der Waals surface area contributed by atoms with Gasteiger partial charge in [-0.05, 0) is 30.7 Å². The quantitative estimate of drug-likeness (QED) is 0.762. The van der Waals surface area contributed by atoms with Crippen molar-refractivity contribution in [1.29, 1.82) is 0 Å². The maximum absolute atomic E-state index is 9.37. The van der Waals surface area contributed by atoms with E-state index in [1.807, 2.05) is 42.3 Å². The van der Waals surface area contributed by atoms with Crippen LogP contribution in [0.3, 0.4) is 0 Å². The molecule has 0 spiro atoms. The van der Waals surface area contributed by atoms with Crippen molar-refractivity contribution in [3.05, 3.63) is 71.8 Å². The van der Waals surface area contributed by atoms with Crippen molar-refractivity contribution >= 4 is 0 Å². The lowest BCUT2D eigenvalue weighted by Crippen LogP contribution is -2.23. The Balaban J connectivity index is 2.56. The summed E-state index contributed by atoms with van der Waals surface area (Å²) in [6.07, 6.45) is 9.78. The zero-order chi connectivity index (χ0) is 11.7. The van der Waals surface area contributed by atoms with E-state index in [2.05, 4.69) is 13.2 Å². The molecule has 0 saturated heterocycles. The Bertz CT molecular complexity index is 475. The third kappa shape index (κ3) is 1.57. The van der Waals surface area contributed by atoms with Crippen molar-refractivity contribution < 1.29 is 5.11 Å². The van der Waals surface area contributed by atoms with Gasteiger partial charge < -0.3 is 10.0 Å². The average molecular weight is 213 g/mol. The van der Waals surface area contributed by atoms with Crippen molar-refractivity contribution in [2.24, 2.45) is 0 Å². The van der Waals surface area contributed by atoms with Crippen molar-refractivity contribution in [2.45, 2.75) is 6.92 Å². The van der Waals surface area contributed by atoms with Crippen molar-refractivity contribution in [3.63, 3.8) is 0 Å². The topological polar surface area (TPSA) is 23.5 Å². The van der Waals surface area contributed by atoms with E-state index >= 15 is 0 Å². The Hall–Kier alpha value is -1.80. The number of aliphatic hydroxyl groups excluding tert-OH is 1. The molecule has 16 heavy (non-hydrogen) atoms. The molecule has 0 radical (unpaired) electrons. The second kappa shape index (κ2) is 3.99. The minimum atomic E-state index is 0.0219. The molecule has 82 valence electrons. The normalized spacial score (nSPS) is 18.8. The van der Waals surface area contributed by atoms with Gasteiger partial charge in [-0.1, -0.05) is 19.2 Å². The first-order valence-corrected chi connectivity index (χ1v) is 5.20. The largest absolute Gasteiger partial charge is 0.392 e. The Morgan fingerprint density at radius 3 is 2.81 bits per heavy atom. The highest BCUT2D eigenvalue weighted by molar-refractivity contribution is 5.56. The molecular formula is C14H15NO. The molecule has 0 bridgehead atoms. The molecule has 2 heteroatoms. The Labute approximate surface area is 95.9 Å².